The van der Waals surface area contributed by atoms with Crippen molar-refractivity contribution in [3.05, 3.63) is 71.9 Å². The molecule has 1 rings (SSSR count). The van der Waals surface area contributed by atoms with E-state index in [0.29, 0.717) is 0 Å². The molecule has 0 aliphatic heterocycles. The molecule has 0 nitrogen and oxygen atoms in total. The van der Waals surface area contributed by atoms with E-state index in [1.807, 2.05) is 12.2 Å². The lowest BCUT2D eigenvalue weighted by Gasteiger charge is -2.03. The second kappa shape index (κ2) is 13.4. The summed E-state index contributed by atoms with van der Waals surface area (Å²) in [6, 6.07) is 0. The molecule has 0 amide bonds. The molecule has 0 aromatic rings. The molecule has 1 aliphatic rings. The van der Waals surface area contributed by atoms with E-state index in [2.05, 4.69) is 70.7 Å². The van der Waals surface area contributed by atoms with Crippen molar-refractivity contribution in [1.82, 2.24) is 0 Å². The fraction of sp³-hybridized carbons (Fsp3) is 0.429. The maximum absolute atomic E-state index is 3.70. The van der Waals surface area contributed by atoms with E-state index in [0.717, 1.165) is 19.3 Å². The lowest BCUT2D eigenvalue weighted by molar-refractivity contribution is 0.825. The number of hydrogen-bond donors (Lipinski definition) is 0. The molecule has 0 heterocycles. The molecule has 0 radical (unpaired) electrons. The monoisotopic (exact) mass is 284 g/mol. The molecule has 0 heteroatoms. The molecule has 0 spiro atoms. The van der Waals surface area contributed by atoms with Gasteiger partial charge in [0, 0.05) is 0 Å². The molecule has 0 atom stereocenters. The molecule has 1 aliphatic carbocycles. The van der Waals surface area contributed by atoms with E-state index in [4.69, 9.17) is 0 Å². The minimum Gasteiger partial charge on any atom is -0.0991 e. The lowest BCUT2D eigenvalue weighted by Crippen LogP contribution is -1.84. The van der Waals surface area contributed by atoms with E-state index >= 15 is 0 Å². The Morgan fingerprint density at radius 1 is 1.33 bits per heavy atom. The first-order valence-corrected chi connectivity index (χ1v) is 8.16. The van der Waals surface area contributed by atoms with Gasteiger partial charge in [-0.2, -0.15) is 0 Å². The molecule has 0 saturated carbocycles. The Balaban J connectivity index is 0.00000122. The van der Waals surface area contributed by atoms with Crippen molar-refractivity contribution in [3.8, 4) is 0 Å². The van der Waals surface area contributed by atoms with E-state index in [-0.39, 0.29) is 0 Å². The first kappa shape index (κ1) is 19.4. The predicted molar refractivity (Wildman–Crippen MR) is 98.5 cm³/mol. The lowest BCUT2D eigenvalue weighted by atomic mass is 10.0. The molecular weight excluding hydrogens is 252 g/mol. The number of rotatable bonds is 6. The van der Waals surface area contributed by atoms with Crippen LogP contribution in [0.1, 0.15) is 59.8 Å². The average Bonchev–Trinajstić information content (AvgIpc) is 2.67. The molecule has 116 valence electrons. The Morgan fingerprint density at radius 3 is 2.67 bits per heavy atom. The Labute approximate surface area is 132 Å². The van der Waals surface area contributed by atoms with Crippen LogP contribution in [0.5, 0.6) is 0 Å². The fourth-order valence-corrected chi connectivity index (χ4v) is 2.04. The van der Waals surface area contributed by atoms with Crippen LogP contribution in [0.25, 0.3) is 0 Å². The van der Waals surface area contributed by atoms with Gasteiger partial charge >= 0.3 is 0 Å². The smallest absolute Gasteiger partial charge is 0.0160 e. The third kappa shape index (κ3) is 10.8. The highest BCUT2D eigenvalue weighted by molar-refractivity contribution is 5.32. The maximum Gasteiger partial charge on any atom is -0.0160 e. The minimum atomic E-state index is 1.06. The molecule has 0 fully saturated rings. The summed E-state index contributed by atoms with van der Waals surface area (Å²) in [5, 5.41) is 0. The average molecular weight is 284 g/mol. The van der Waals surface area contributed by atoms with Crippen LogP contribution in [-0.2, 0) is 0 Å². The third-order valence-corrected chi connectivity index (χ3v) is 3.07. The van der Waals surface area contributed by atoms with Gasteiger partial charge in [-0.05, 0) is 45.1 Å². The van der Waals surface area contributed by atoms with Gasteiger partial charge in [-0.15, -0.1) is 0 Å². The second-order valence-electron chi connectivity index (χ2n) is 5.32. The van der Waals surface area contributed by atoms with Crippen LogP contribution in [-0.4, -0.2) is 0 Å². The zero-order chi connectivity index (χ0) is 15.9. The van der Waals surface area contributed by atoms with E-state index in [1.165, 1.54) is 29.6 Å². The number of hydrogen-bond acceptors (Lipinski definition) is 0. The van der Waals surface area contributed by atoms with Gasteiger partial charge in [0.15, 0.2) is 0 Å². The van der Waals surface area contributed by atoms with Gasteiger partial charge in [-0.3, -0.25) is 0 Å². The Hall–Kier alpha value is -1.56. The van der Waals surface area contributed by atoms with Crippen LogP contribution in [0.3, 0.4) is 0 Å². The van der Waals surface area contributed by atoms with Gasteiger partial charge < -0.3 is 0 Å². The van der Waals surface area contributed by atoms with Crippen molar-refractivity contribution in [1.29, 1.82) is 0 Å². The van der Waals surface area contributed by atoms with E-state index in [1.54, 1.807) is 0 Å². The molecular formula is C21H32. The molecule has 0 unspecified atom stereocenters. The Kier molecular flexibility index (Phi) is 12.4. The maximum atomic E-state index is 3.70. The standard InChI is InChI=1S/C18H24.C3H8/c1-4-6-11-17(5-2)13-9-14-18-12-8-7-10-16(3)15-18;1-3-2/h4-6,8,10-12,15H,1,7,9,13-14H2,2-3H3;3H2,1-2H3/b11-6-,17-5+;. The summed E-state index contributed by atoms with van der Waals surface area (Å²) < 4.78 is 0. The fourth-order valence-electron chi connectivity index (χ4n) is 2.04. The first-order valence-electron chi connectivity index (χ1n) is 8.16. The van der Waals surface area contributed by atoms with Crippen LogP contribution in [0.4, 0.5) is 0 Å². The van der Waals surface area contributed by atoms with Crippen molar-refractivity contribution in [2.24, 2.45) is 0 Å². The number of allylic oxidation sites excluding steroid dienone is 11. The summed E-state index contributed by atoms with van der Waals surface area (Å²) in [5.41, 5.74) is 4.22. The molecule has 0 aromatic heterocycles. The van der Waals surface area contributed by atoms with Crippen LogP contribution in [0.2, 0.25) is 0 Å². The zero-order valence-electron chi connectivity index (χ0n) is 14.4. The van der Waals surface area contributed by atoms with Crippen molar-refractivity contribution in [2.45, 2.75) is 59.8 Å². The molecule has 0 aromatic carbocycles. The van der Waals surface area contributed by atoms with Crippen LogP contribution in [0, 0.1) is 0 Å². The van der Waals surface area contributed by atoms with Gasteiger partial charge in [-0.25, -0.2) is 0 Å². The summed E-state index contributed by atoms with van der Waals surface area (Å²) >= 11 is 0. The Bertz CT molecular complexity index is 425. The quantitative estimate of drug-likeness (QED) is 0.456. The highest BCUT2D eigenvalue weighted by Crippen LogP contribution is 2.18. The Morgan fingerprint density at radius 2 is 2.05 bits per heavy atom. The van der Waals surface area contributed by atoms with E-state index < -0.39 is 0 Å². The van der Waals surface area contributed by atoms with Crippen molar-refractivity contribution < 1.29 is 0 Å². The highest BCUT2D eigenvalue weighted by atomic mass is 14.0. The van der Waals surface area contributed by atoms with Crippen molar-refractivity contribution in [2.75, 3.05) is 0 Å². The van der Waals surface area contributed by atoms with Gasteiger partial charge in [0.1, 0.15) is 0 Å². The zero-order valence-corrected chi connectivity index (χ0v) is 14.4. The van der Waals surface area contributed by atoms with Crippen molar-refractivity contribution >= 4 is 0 Å². The van der Waals surface area contributed by atoms with Gasteiger partial charge in [0.2, 0.25) is 0 Å². The van der Waals surface area contributed by atoms with Gasteiger partial charge in [0.25, 0.3) is 0 Å². The van der Waals surface area contributed by atoms with Crippen LogP contribution >= 0.6 is 0 Å². The molecule has 21 heavy (non-hydrogen) atoms. The molecule has 0 bridgehead atoms. The first-order chi connectivity index (χ1) is 10.2. The van der Waals surface area contributed by atoms with Crippen LogP contribution in [0.15, 0.2) is 71.9 Å². The second-order valence-corrected chi connectivity index (χ2v) is 5.32. The summed E-state index contributed by atoms with van der Waals surface area (Å²) in [4.78, 5) is 0. The highest BCUT2D eigenvalue weighted by Gasteiger charge is 1.98. The molecule has 0 saturated heterocycles. The van der Waals surface area contributed by atoms with Gasteiger partial charge in [0.05, 0.1) is 0 Å². The summed E-state index contributed by atoms with van der Waals surface area (Å²) in [6.07, 6.45) is 23.1. The van der Waals surface area contributed by atoms with Gasteiger partial charge in [-0.1, -0.05) is 86.6 Å². The third-order valence-electron chi connectivity index (χ3n) is 3.07. The largest absolute Gasteiger partial charge is 0.0991 e. The summed E-state index contributed by atoms with van der Waals surface area (Å²) in [6.45, 7) is 12.2. The normalized spacial score (nSPS) is 15.0. The summed E-state index contributed by atoms with van der Waals surface area (Å²) in [5.74, 6) is 0. The summed E-state index contributed by atoms with van der Waals surface area (Å²) in [7, 11) is 0. The SMILES string of the molecule is C=C/C=C\C(=C/C)CCCC1=CC(C)=CCC=C1.CCC. The van der Waals surface area contributed by atoms with Crippen molar-refractivity contribution in [3.63, 3.8) is 0 Å². The van der Waals surface area contributed by atoms with Crippen LogP contribution < -0.4 is 0 Å². The predicted octanol–water partition coefficient (Wildman–Crippen LogP) is 7.09. The van der Waals surface area contributed by atoms with E-state index in [9.17, 15) is 0 Å². The topological polar surface area (TPSA) is 0 Å². The molecule has 0 N–H and O–H groups in total. The minimum absolute atomic E-state index is 1.06.